The lowest BCUT2D eigenvalue weighted by molar-refractivity contribution is 0.104. The van der Waals surface area contributed by atoms with Crippen molar-refractivity contribution in [1.82, 2.24) is 0 Å². The zero-order chi connectivity index (χ0) is 18.2. The summed E-state index contributed by atoms with van der Waals surface area (Å²) in [7, 11) is 3.09. The molecule has 0 radical (unpaired) electrons. The molecule has 5 heteroatoms. The van der Waals surface area contributed by atoms with Crippen molar-refractivity contribution in [2.75, 3.05) is 20.8 Å². The Balaban J connectivity index is 2.15. The molecule has 0 amide bonds. The first-order chi connectivity index (χ1) is 12.1. The van der Waals surface area contributed by atoms with Crippen LogP contribution in [0.5, 0.6) is 17.2 Å². The van der Waals surface area contributed by atoms with Crippen molar-refractivity contribution in [1.29, 1.82) is 0 Å². The van der Waals surface area contributed by atoms with Crippen molar-refractivity contribution in [2.24, 2.45) is 0 Å². The third-order valence-corrected chi connectivity index (χ3v) is 3.83. The molecule has 25 heavy (non-hydrogen) atoms. The molecule has 4 nitrogen and oxygen atoms in total. The number of allylic oxidation sites excluding steroid dienone is 1. The fourth-order valence-electron chi connectivity index (χ4n) is 2.21. The maximum Gasteiger partial charge on any atom is 0.185 e. The maximum absolute atomic E-state index is 12.3. The van der Waals surface area contributed by atoms with E-state index < -0.39 is 0 Å². The monoisotopic (exact) mass is 360 g/mol. The van der Waals surface area contributed by atoms with E-state index in [0.717, 1.165) is 12.2 Å². The highest BCUT2D eigenvalue weighted by Crippen LogP contribution is 2.33. The summed E-state index contributed by atoms with van der Waals surface area (Å²) in [5.41, 5.74) is 1.28. The fourth-order valence-corrected chi connectivity index (χ4v) is 2.46. The molecule has 0 spiro atoms. The Hall–Kier alpha value is -2.46. The zero-order valence-corrected chi connectivity index (χ0v) is 15.3. The Labute approximate surface area is 153 Å². The van der Waals surface area contributed by atoms with Crippen LogP contribution in [0, 0.1) is 0 Å². The lowest BCUT2D eigenvalue weighted by atomic mass is 10.1. The lowest BCUT2D eigenvalue weighted by Crippen LogP contribution is -1.97. The SMILES string of the molecule is CCCOc1ccc(C(=O)/C=C/c2cc(Cl)c(OC)cc2OC)cc1. The summed E-state index contributed by atoms with van der Waals surface area (Å²) in [5.74, 6) is 1.74. The maximum atomic E-state index is 12.3. The van der Waals surface area contributed by atoms with Gasteiger partial charge in [-0.2, -0.15) is 0 Å². The van der Waals surface area contributed by atoms with E-state index in [1.165, 1.54) is 13.2 Å². The average molecular weight is 361 g/mol. The summed E-state index contributed by atoms with van der Waals surface area (Å²) in [6, 6.07) is 10.5. The summed E-state index contributed by atoms with van der Waals surface area (Å²) in [4.78, 5) is 12.3. The van der Waals surface area contributed by atoms with Gasteiger partial charge < -0.3 is 14.2 Å². The van der Waals surface area contributed by atoms with E-state index in [1.807, 2.05) is 6.92 Å². The van der Waals surface area contributed by atoms with E-state index in [2.05, 4.69) is 0 Å². The minimum atomic E-state index is -0.115. The number of hydrogen-bond donors (Lipinski definition) is 0. The number of ether oxygens (including phenoxy) is 3. The van der Waals surface area contributed by atoms with Gasteiger partial charge in [-0.1, -0.05) is 18.5 Å². The minimum Gasteiger partial charge on any atom is -0.496 e. The van der Waals surface area contributed by atoms with Crippen LogP contribution in [0.2, 0.25) is 5.02 Å². The summed E-state index contributed by atoms with van der Waals surface area (Å²) >= 11 is 6.14. The summed E-state index contributed by atoms with van der Waals surface area (Å²) in [5, 5.41) is 0.452. The number of carbonyl (C=O) groups is 1. The molecule has 0 N–H and O–H groups in total. The second-order valence-corrected chi connectivity index (χ2v) is 5.71. The molecule has 0 heterocycles. The number of carbonyl (C=O) groups excluding carboxylic acids is 1. The van der Waals surface area contributed by atoms with Crippen molar-refractivity contribution in [3.8, 4) is 17.2 Å². The van der Waals surface area contributed by atoms with Gasteiger partial charge in [0.2, 0.25) is 0 Å². The van der Waals surface area contributed by atoms with Crippen molar-refractivity contribution < 1.29 is 19.0 Å². The number of ketones is 1. The number of methoxy groups -OCH3 is 2. The van der Waals surface area contributed by atoms with Crippen molar-refractivity contribution in [3.05, 3.63) is 58.6 Å². The molecule has 0 unspecified atom stereocenters. The summed E-state index contributed by atoms with van der Waals surface area (Å²) < 4.78 is 16.0. The topological polar surface area (TPSA) is 44.8 Å². The Morgan fingerprint density at radius 1 is 1.08 bits per heavy atom. The van der Waals surface area contributed by atoms with Gasteiger partial charge in [0.05, 0.1) is 25.8 Å². The van der Waals surface area contributed by atoms with E-state index >= 15 is 0 Å². The molecular formula is C20H21ClO4. The van der Waals surface area contributed by atoms with Gasteiger partial charge in [0.1, 0.15) is 17.2 Å². The number of benzene rings is 2. The van der Waals surface area contributed by atoms with Crippen molar-refractivity contribution in [2.45, 2.75) is 13.3 Å². The summed E-state index contributed by atoms with van der Waals surface area (Å²) in [6.45, 7) is 2.70. The van der Waals surface area contributed by atoms with Crippen molar-refractivity contribution >= 4 is 23.5 Å². The highest BCUT2D eigenvalue weighted by Gasteiger charge is 2.09. The van der Waals surface area contributed by atoms with Crippen LogP contribution < -0.4 is 14.2 Å². The van der Waals surface area contributed by atoms with Crippen LogP contribution in [0.15, 0.2) is 42.5 Å². The van der Waals surface area contributed by atoms with Gasteiger partial charge in [0.25, 0.3) is 0 Å². The highest BCUT2D eigenvalue weighted by atomic mass is 35.5. The molecule has 0 atom stereocenters. The third-order valence-electron chi connectivity index (χ3n) is 3.53. The molecule has 0 saturated carbocycles. The van der Waals surface area contributed by atoms with Crippen LogP contribution in [-0.2, 0) is 0 Å². The Bertz CT molecular complexity index is 751. The molecule has 2 aromatic carbocycles. The molecule has 0 aliphatic rings. The van der Waals surface area contributed by atoms with Gasteiger partial charge in [-0.3, -0.25) is 4.79 Å². The first-order valence-corrected chi connectivity index (χ1v) is 8.33. The number of rotatable bonds is 8. The number of halogens is 1. The minimum absolute atomic E-state index is 0.115. The van der Waals surface area contributed by atoms with Crippen LogP contribution in [0.25, 0.3) is 6.08 Å². The summed E-state index contributed by atoms with van der Waals surface area (Å²) in [6.07, 6.45) is 4.10. The molecule has 0 aromatic heterocycles. The zero-order valence-electron chi connectivity index (χ0n) is 14.5. The predicted molar refractivity (Wildman–Crippen MR) is 100 cm³/mol. The molecule has 0 bridgehead atoms. The van der Waals surface area contributed by atoms with E-state index in [1.54, 1.807) is 49.6 Å². The molecule has 0 aliphatic heterocycles. The highest BCUT2D eigenvalue weighted by molar-refractivity contribution is 6.32. The standard InChI is InChI=1S/C20H21ClO4/c1-4-11-25-16-8-5-14(6-9-16)18(22)10-7-15-12-17(21)20(24-3)13-19(15)23-2/h5-10,12-13H,4,11H2,1-3H3/b10-7+. The van der Waals surface area contributed by atoms with E-state index in [-0.39, 0.29) is 5.78 Å². The lowest BCUT2D eigenvalue weighted by Gasteiger charge is -2.09. The molecule has 2 aromatic rings. The Morgan fingerprint density at radius 2 is 1.76 bits per heavy atom. The van der Waals surface area contributed by atoms with Gasteiger partial charge in [0, 0.05) is 17.2 Å². The van der Waals surface area contributed by atoms with Crippen molar-refractivity contribution in [3.63, 3.8) is 0 Å². The molecule has 2 rings (SSSR count). The van der Waals surface area contributed by atoms with Crippen LogP contribution in [-0.4, -0.2) is 26.6 Å². The van der Waals surface area contributed by atoms with Crippen LogP contribution in [0.4, 0.5) is 0 Å². The van der Waals surface area contributed by atoms with Gasteiger partial charge in [-0.25, -0.2) is 0 Å². The van der Waals surface area contributed by atoms with Crippen LogP contribution in [0.3, 0.4) is 0 Å². The van der Waals surface area contributed by atoms with Crippen LogP contribution >= 0.6 is 11.6 Å². The molecule has 0 aliphatic carbocycles. The second kappa shape index (κ2) is 9.14. The Kier molecular flexibility index (Phi) is 6.90. The first-order valence-electron chi connectivity index (χ1n) is 7.95. The van der Waals surface area contributed by atoms with Gasteiger partial charge >= 0.3 is 0 Å². The number of hydrogen-bond acceptors (Lipinski definition) is 4. The normalized spacial score (nSPS) is 10.7. The van der Waals surface area contributed by atoms with Gasteiger partial charge in [-0.05, 0) is 48.9 Å². The second-order valence-electron chi connectivity index (χ2n) is 5.30. The largest absolute Gasteiger partial charge is 0.496 e. The Morgan fingerprint density at radius 3 is 2.36 bits per heavy atom. The van der Waals surface area contributed by atoms with Gasteiger partial charge in [-0.15, -0.1) is 0 Å². The molecule has 132 valence electrons. The molecule has 0 fully saturated rings. The smallest absolute Gasteiger partial charge is 0.185 e. The van der Waals surface area contributed by atoms with Gasteiger partial charge in [0.15, 0.2) is 5.78 Å². The first kappa shape index (κ1) is 18.9. The van der Waals surface area contributed by atoms with E-state index in [4.69, 9.17) is 25.8 Å². The average Bonchev–Trinajstić information content (AvgIpc) is 2.64. The van der Waals surface area contributed by atoms with E-state index in [9.17, 15) is 4.79 Å². The fraction of sp³-hybridized carbons (Fsp3) is 0.250. The predicted octanol–water partition coefficient (Wildman–Crippen LogP) is 5.04. The quantitative estimate of drug-likeness (QED) is 0.488. The third kappa shape index (κ3) is 5.00. The molecule has 0 saturated heterocycles. The molecular weight excluding hydrogens is 340 g/mol. The van der Waals surface area contributed by atoms with Crippen LogP contribution in [0.1, 0.15) is 29.3 Å². The van der Waals surface area contributed by atoms with E-state index in [0.29, 0.717) is 34.3 Å².